The van der Waals surface area contributed by atoms with E-state index in [1.807, 2.05) is 43.3 Å². The summed E-state index contributed by atoms with van der Waals surface area (Å²) in [5.74, 6) is 0.748. The smallest absolute Gasteiger partial charge is 0.243 e. The fourth-order valence-electron chi connectivity index (χ4n) is 3.58. The average Bonchev–Trinajstić information content (AvgIpc) is 2.87. The van der Waals surface area contributed by atoms with Crippen LogP contribution in [0.3, 0.4) is 0 Å². The SMILES string of the molecule is COc1ccc([C@@H](C)NC(=O)CN(CCc2ccccc2)S(=O)(=O)c2ccccc2)cc1OC. The minimum absolute atomic E-state index is 0.156. The molecule has 0 unspecified atom stereocenters. The maximum absolute atomic E-state index is 13.3. The zero-order valence-electron chi connectivity index (χ0n) is 19.6. The number of rotatable bonds is 11. The second-order valence-electron chi connectivity index (χ2n) is 7.79. The third-order valence-corrected chi connectivity index (χ3v) is 7.34. The van der Waals surface area contributed by atoms with Gasteiger partial charge in [-0.1, -0.05) is 54.6 Å². The number of hydrogen-bond acceptors (Lipinski definition) is 5. The summed E-state index contributed by atoms with van der Waals surface area (Å²) in [6.45, 7) is 1.72. The van der Waals surface area contributed by atoms with E-state index in [0.717, 1.165) is 11.1 Å². The molecule has 180 valence electrons. The molecule has 0 aliphatic carbocycles. The molecular weight excluding hydrogens is 452 g/mol. The molecule has 34 heavy (non-hydrogen) atoms. The van der Waals surface area contributed by atoms with Gasteiger partial charge in [0, 0.05) is 6.54 Å². The van der Waals surface area contributed by atoms with Crippen molar-refractivity contribution in [2.24, 2.45) is 0 Å². The molecule has 0 saturated carbocycles. The molecule has 0 aliphatic heterocycles. The predicted octanol–water partition coefficient (Wildman–Crippen LogP) is 3.81. The summed E-state index contributed by atoms with van der Waals surface area (Å²) in [4.78, 5) is 13.1. The van der Waals surface area contributed by atoms with Gasteiger partial charge in [0.15, 0.2) is 11.5 Å². The van der Waals surface area contributed by atoms with Gasteiger partial charge in [0.05, 0.1) is 31.7 Å². The van der Waals surface area contributed by atoms with Crippen LogP contribution in [0.2, 0.25) is 0 Å². The Labute approximate surface area is 201 Å². The number of hydrogen-bond donors (Lipinski definition) is 1. The molecule has 0 aliphatic rings. The minimum atomic E-state index is -3.85. The minimum Gasteiger partial charge on any atom is -0.493 e. The molecule has 0 aromatic heterocycles. The number of amides is 1. The lowest BCUT2D eigenvalue weighted by Crippen LogP contribution is -2.42. The lowest BCUT2D eigenvalue weighted by Gasteiger charge is -2.23. The van der Waals surface area contributed by atoms with E-state index in [4.69, 9.17) is 9.47 Å². The van der Waals surface area contributed by atoms with Crippen LogP contribution in [0.15, 0.2) is 83.8 Å². The number of ether oxygens (including phenoxy) is 2. The largest absolute Gasteiger partial charge is 0.493 e. The van der Waals surface area contributed by atoms with Gasteiger partial charge in [-0.3, -0.25) is 4.79 Å². The van der Waals surface area contributed by atoms with E-state index in [-0.39, 0.29) is 24.0 Å². The average molecular weight is 483 g/mol. The first-order valence-corrected chi connectivity index (χ1v) is 12.4. The number of sulfonamides is 1. The van der Waals surface area contributed by atoms with Gasteiger partial charge in [-0.25, -0.2) is 8.42 Å². The van der Waals surface area contributed by atoms with Crippen LogP contribution in [0.5, 0.6) is 11.5 Å². The van der Waals surface area contributed by atoms with Crippen molar-refractivity contribution in [2.75, 3.05) is 27.3 Å². The highest BCUT2D eigenvalue weighted by molar-refractivity contribution is 7.89. The Hall–Kier alpha value is -3.36. The lowest BCUT2D eigenvalue weighted by molar-refractivity contribution is -0.121. The molecule has 7 nitrogen and oxygen atoms in total. The molecule has 0 bridgehead atoms. The molecule has 0 fully saturated rings. The summed E-state index contributed by atoms with van der Waals surface area (Å²) in [7, 11) is -0.749. The van der Waals surface area contributed by atoms with Crippen molar-refractivity contribution in [2.45, 2.75) is 24.3 Å². The summed E-state index contributed by atoms with van der Waals surface area (Å²) >= 11 is 0. The van der Waals surface area contributed by atoms with Gasteiger partial charge < -0.3 is 14.8 Å². The quantitative estimate of drug-likeness (QED) is 0.449. The van der Waals surface area contributed by atoms with Crippen molar-refractivity contribution < 1.29 is 22.7 Å². The molecule has 1 N–H and O–H groups in total. The van der Waals surface area contributed by atoms with Crippen LogP contribution < -0.4 is 14.8 Å². The van der Waals surface area contributed by atoms with Crippen molar-refractivity contribution in [1.82, 2.24) is 9.62 Å². The highest BCUT2D eigenvalue weighted by Gasteiger charge is 2.27. The second kappa shape index (κ2) is 11.7. The van der Waals surface area contributed by atoms with Crippen LogP contribution in [0.4, 0.5) is 0 Å². The van der Waals surface area contributed by atoms with E-state index in [2.05, 4.69) is 5.32 Å². The lowest BCUT2D eigenvalue weighted by atomic mass is 10.1. The Morgan fingerprint density at radius 2 is 1.53 bits per heavy atom. The summed E-state index contributed by atoms with van der Waals surface area (Å²) in [6, 6.07) is 22.8. The monoisotopic (exact) mass is 482 g/mol. The van der Waals surface area contributed by atoms with Crippen LogP contribution in [0, 0.1) is 0 Å². The summed E-state index contributed by atoms with van der Waals surface area (Å²) in [5, 5.41) is 2.90. The summed E-state index contributed by atoms with van der Waals surface area (Å²) in [5.41, 5.74) is 1.81. The van der Waals surface area contributed by atoms with E-state index in [1.54, 1.807) is 44.6 Å². The van der Waals surface area contributed by atoms with Gasteiger partial charge in [0.25, 0.3) is 0 Å². The maximum Gasteiger partial charge on any atom is 0.243 e. The van der Waals surface area contributed by atoms with E-state index < -0.39 is 15.9 Å². The Kier molecular flexibility index (Phi) is 8.67. The Bertz CT molecular complexity index is 1180. The number of methoxy groups -OCH3 is 2. The summed E-state index contributed by atoms with van der Waals surface area (Å²) in [6.07, 6.45) is 0.491. The van der Waals surface area contributed by atoms with Gasteiger partial charge in [-0.05, 0) is 48.7 Å². The topological polar surface area (TPSA) is 84.9 Å². The standard InChI is InChI=1S/C26H30N2O5S/c1-20(22-14-15-24(32-2)25(18-22)33-3)27-26(29)19-28(17-16-21-10-6-4-7-11-21)34(30,31)23-12-8-5-9-13-23/h4-15,18,20H,16-17,19H2,1-3H3,(H,27,29)/t20-/m1/s1. The molecule has 1 atom stereocenters. The molecule has 3 aromatic rings. The Morgan fingerprint density at radius 3 is 2.15 bits per heavy atom. The molecule has 3 aromatic carbocycles. The first-order chi connectivity index (χ1) is 16.3. The number of carbonyl (C=O) groups excluding carboxylic acids is 1. The van der Waals surface area contributed by atoms with Crippen molar-refractivity contribution in [3.8, 4) is 11.5 Å². The number of nitrogens with one attached hydrogen (secondary N) is 1. The third-order valence-electron chi connectivity index (χ3n) is 5.48. The second-order valence-corrected chi connectivity index (χ2v) is 9.73. The Balaban J connectivity index is 1.76. The fourth-order valence-corrected chi connectivity index (χ4v) is 5.00. The van der Waals surface area contributed by atoms with Gasteiger partial charge >= 0.3 is 0 Å². The van der Waals surface area contributed by atoms with Crippen LogP contribution in [-0.2, 0) is 21.2 Å². The van der Waals surface area contributed by atoms with Crippen molar-refractivity contribution in [3.63, 3.8) is 0 Å². The maximum atomic E-state index is 13.3. The molecule has 0 radical (unpaired) electrons. The van der Waals surface area contributed by atoms with Gasteiger partial charge in [-0.2, -0.15) is 4.31 Å². The fraction of sp³-hybridized carbons (Fsp3) is 0.269. The molecule has 0 spiro atoms. The molecule has 8 heteroatoms. The van der Waals surface area contributed by atoms with Crippen molar-refractivity contribution in [1.29, 1.82) is 0 Å². The molecule has 0 saturated heterocycles. The first kappa shape index (κ1) is 25.3. The highest BCUT2D eigenvalue weighted by Crippen LogP contribution is 2.30. The molecule has 0 heterocycles. The molecular formula is C26H30N2O5S. The zero-order chi connectivity index (χ0) is 24.6. The van der Waals surface area contributed by atoms with E-state index in [0.29, 0.717) is 17.9 Å². The molecule has 3 rings (SSSR count). The number of benzene rings is 3. The highest BCUT2D eigenvalue weighted by atomic mass is 32.2. The van der Waals surface area contributed by atoms with Crippen molar-refractivity contribution in [3.05, 3.63) is 90.0 Å². The zero-order valence-corrected chi connectivity index (χ0v) is 20.4. The first-order valence-electron chi connectivity index (χ1n) is 11.0. The van der Waals surface area contributed by atoms with Crippen LogP contribution in [0.25, 0.3) is 0 Å². The van der Waals surface area contributed by atoms with Gasteiger partial charge in [0.2, 0.25) is 15.9 Å². The van der Waals surface area contributed by atoms with Crippen LogP contribution in [-0.4, -0.2) is 45.9 Å². The summed E-state index contributed by atoms with van der Waals surface area (Å²) < 4.78 is 38.5. The van der Waals surface area contributed by atoms with E-state index >= 15 is 0 Å². The van der Waals surface area contributed by atoms with Gasteiger partial charge in [-0.15, -0.1) is 0 Å². The van der Waals surface area contributed by atoms with Crippen LogP contribution in [0.1, 0.15) is 24.1 Å². The number of carbonyl (C=O) groups is 1. The van der Waals surface area contributed by atoms with E-state index in [1.165, 1.54) is 16.4 Å². The van der Waals surface area contributed by atoms with Crippen LogP contribution >= 0.6 is 0 Å². The molecule has 1 amide bonds. The van der Waals surface area contributed by atoms with E-state index in [9.17, 15) is 13.2 Å². The number of nitrogens with zero attached hydrogens (tertiary/aromatic N) is 1. The normalized spacial score (nSPS) is 12.2. The van der Waals surface area contributed by atoms with Crippen molar-refractivity contribution >= 4 is 15.9 Å². The third kappa shape index (κ3) is 6.36. The Morgan fingerprint density at radius 1 is 0.912 bits per heavy atom. The predicted molar refractivity (Wildman–Crippen MR) is 131 cm³/mol. The van der Waals surface area contributed by atoms with Gasteiger partial charge in [0.1, 0.15) is 0 Å².